The van der Waals surface area contributed by atoms with Crippen LogP contribution >= 0.6 is 0 Å². The molecule has 5 nitrogen and oxygen atoms in total. The molecule has 0 amide bonds. The number of aryl methyl sites for hydroxylation is 3. The Morgan fingerprint density at radius 3 is 2.26 bits per heavy atom. The Labute approximate surface area is 136 Å². The maximum Gasteiger partial charge on any atom is 0.339 e. The Hall–Kier alpha value is -2.34. The highest BCUT2D eigenvalue weighted by Crippen LogP contribution is 2.26. The van der Waals surface area contributed by atoms with Gasteiger partial charge in [0.1, 0.15) is 10.6 Å². The Morgan fingerprint density at radius 2 is 1.61 bits per heavy atom. The fourth-order valence-electron chi connectivity index (χ4n) is 2.07. The molecule has 2 aromatic rings. The molecule has 0 aliphatic rings. The third-order valence-corrected chi connectivity index (χ3v) is 4.80. The summed E-state index contributed by atoms with van der Waals surface area (Å²) in [6.07, 6.45) is 0. The van der Waals surface area contributed by atoms with Crippen molar-refractivity contribution in [1.29, 1.82) is 0 Å². The maximum absolute atomic E-state index is 12.6. The standard InChI is InChI=1S/C17H18O5S/c1-11-5-6-12(2)15(9-11)22-23(19,20)16-10-14(17(18)21-4)8-7-13(16)3/h5-10H,1-4H3. The van der Waals surface area contributed by atoms with E-state index in [1.54, 1.807) is 32.0 Å². The van der Waals surface area contributed by atoms with Crippen LogP contribution in [0.1, 0.15) is 27.0 Å². The number of carbonyl (C=O) groups excluding carboxylic acids is 1. The predicted molar refractivity (Wildman–Crippen MR) is 86.2 cm³/mol. The minimum atomic E-state index is -4.06. The minimum absolute atomic E-state index is 0.0543. The maximum atomic E-state index is 12.6. The van der Waals surface area contributed by atoms with Crippen LogP contribution in [0.25, 0.3) is 0 Å². The first-order valence-electron chi connectivity index (χ1n) is 6.95. The summed E-state index contributed by atoms with van der Waals surface area (Å²) in [5.41, 5.74) is 2.24. The lowest BCUT2D eigenvalue weighted by molar-refractivity contribution is 0.0600. The first-order chi connectivity index (χ1) is 10.7. The van der Waals surface area contributed by atoms with Gasteiger partial charge in [-0.1, -0.05) is 18.2 Å². The van der Waals surface area contributed by atoms with Crippen molar-refractivity contribution in [2.45, 2.75) is 25.7 Å². The van der Waals surface area contributed by atoms with Gasteiger partial charge in [-0.2, -0.15) is 8.42 Å². The molecule has 0 heterocycles. The lowest BCUT2D eigenvalue weighted by Gasteiger charge is -2.12. The molecule has 2 aromatic carbocycles. The van der Waals surface area contributed by atoms with Gasteiger partial charge in [0.15, 0.2) is 0 Å². The quantitative estimate of drug-likeness (QED) is 0.634. The molecule has 0 aliphatic carbocycles. The molecule has 0 bridgehead atoms. The molecule has 0 aromatic heterocycles. The Morgan fingerprint density at radius 1 is 0.957 bits per heavy atom. The van der Waals surface area contributed by atoms with E-state index in [0.29, 0.717) is 11.1 Å². The third kappa shape index (κ3) is 3.71. The topological polar surface area (TPSA) is 69.7 Å². The van der Waals surface area contributed by atoms with E-state index in [9.17, 15) is 13.2 Å². The van der Waals surface area contributed by atoms with E-state index in [2.05, 4.69) is 4.74 Å². The van der Waals surface area contributed by atoms with Crippen LogP contribution in [0.4, 0.5) is 0 Å². The van der Waals surface area contributed by atoms with Gasteiger partial charge in [-0.15, -0.1) is 0 Å². The molecule has 0 atom stereocenters. The first kappa shape index (κ1) is 17.0. The summed E-state index contributed by atoms with van der Waals surface area (Å²) in [6, 6.07) is 9.65. The number of methoxy groups -OCH3 is 1. The van der Waals surface area contributed by atoms with Crippen LogP contribution in [0.3, 0.4) is 0 Å². The molecule has 0 unspecified atom stereocenters. The zero-order valence-electron chi connectivity index (χ0n) is 13.4. The molecule has 0 radical (unpaired) electrons. The summed E-state index contributed by atoms with van der Waals surface area (Å²) >= 11 is 0. The average molecular weight is 334 g/mol. The second-order valence-corrected chi connectivity index (χ2v) is 6.79. The van der Waals surface area contributed by atoms with Crippen LogP contribution in [-0.2, 0) is 14.9 Å². The highest BCUT2D eigenvalue weighted by Gasteiger charge is 2.22. The SMILES string of the molecule is COC(=O)c1ccc(C)c(S(=O)(=O)Oc2cc(C)ccc2C)c1. The molecule has 0 fully saturated rings. The molecule has 0 N–H and O–H groups in total. The molecule has 23 heavy (non-hydrogen) atoms. The van der Waals surface area contributed by atoms with Crippen molar-refractivity contribution >= 4 is 16.1 Å². The van der Waals surface area contributed by atoms with Crippen LogP contribution in [-0.4, -0.2) is 21.5 Å². The van der Waals surface area contributed by atoms with Gasteiger partial charge in [0.25, 0.3) is 0 Å². The van der Waals surface area contributed by atoms with Gasteiger partial charge in [-0.25, -0.2) is 4.79 Å². The molecule has 122 valence electrons. The van der Waals surface area contributed by atoms with Crippen LogP contribution in [0.15, 0.2) is 41.3 Å². The highest BCUT2D eigenvalue weighted by atomic mass is 32.2. The van der Waals surface area contributed by atoms with Crippen molar-refractivity contribution in [3.05, 3.63) is 58.7 Å². The van der Waals surface area contributed by atoms with Gasteiger partial charge in [0.05, 0.1) is 12.7 Å². The summed E-state index contributed by atoms with van der Waals surface area (Å²) in [7, 11) is -2.82. The number of hydrogen-bond acceptors (Lipinski definition) is 5. The third-order valence-electron chi connectivity index (χ3n) is 3.42. The van der Waals surface area contributed by atoms with E-state index in [1.165, 1.54) is 19.2 Å². The van der Waals surface area contributed by atoms with Crippen molar-refractivity contribution in [1.82, 2.24) is 0 Å². The van der Waals surface area contributed by atoms with Crippen molar-refractivity contribution in [2.75, 3.05) is 7.11 Å². The van der Waals surface area contributed by atoms with Crippen molar-refractivity contribution < 1.29 is 22.1 Å². The number of carbonyl (C=O) groups is 1. The summed E-state index contributed by atoms with van der Waals surface area (Å²) in [6.45, 7) is 5.25. The largest absolute Gasteiger partial charge is 0.465 e. The average Bonchev–Trinajstić information content (AvgIpc) is 2.50. The monoisotopic (exact) mass is 334 g/mol. The Kier molecular flexibility index (Phi) is 4.75. The zero-order chi connectivity index (χ0) is 17.2. The Balaban J connectivity index is 2.47. The second-order valence-electron chi connectivity index (χ2n) is 5.28. The lowest BCUT2D eigenvalue weighted by Crippen LogP contribution is -2.13. The van der Waals surface area contributed by atoms with Gasteiger partial charge in [0, 0.05) is 0 Å². The molecule has 0 saturated heterocycles. The fraction of sp³-hybridized carbons (Fsp3) is 0.235. The zero-order valence-corrected chi connectivity index (χ0v) is 14.2. The van der Waals surface area contributed by atoms with E-state index < -0.39 is 16.1 Å². The van der Waals surface area contributed by atoms with E-state index in [-0.39, 0.29) is 16.2 Å². The van der Waals surface area contributed by atoms with Crippen LogP contribution in [0.2, 0.25) is 0 Å². The molecule has 6 heteroatoms. The van der Waals surface area contributed by atoms with Crippen LogP contribution < -0.4 is 4.18 Å². The van der Waals surface area contributed by atoms with E-state index in [0.717, 1.165) is 5.56 Å². The van der Waals surface area contributed by atoms with Crippen LogP contribution in [0, 0.1) is 20.8 Å². The molecule has 0 saturated carbocycles. The highest BCUT2D eigenvalue weighted by molar-refractivity contribution is 7.87. The molecule has 0 spiro atoms. The van der Waals surface area contributed by atoms with Gasteiger partial charge in [-0.3, -0.25) is 0 Å². The van der Waals surface area contributed by atoms with Gasteiger partial charge in [0.2, 0.25) is 0 Å². The summed E-state index contributed by atoms with van der Waals surface area (Å²) < 4.78 is 35.0. The second kappa shape index (κ2) is 6.42. The molecule has 2 rings (SSSR count). The molecular weight excluding hydrogens is 316 g/mol. The van der Waals surface area contributed by atoms with E-state index in [1.807, 2.05) is 13.0 Å². The predicted octanol–water partition coefficient (Wildman–Crippen LogP) is 3.17. The number of rotatable bonds is 4. The van der Waals surface area contributed by atoms with Gasteiger partial charge in [-0.05, 0) is 55.7 Å². The summed E-state index contributed by atoms with van der Waals surface area (Å²) in [4.78, 5) is 11.5. The smallest absolute Gasteiger partial charge is 0.339 e. The van der Waals surface area contributed by atoms with Crippen molar-refractivity contribution in [3.63, 3.8) is 0 Å². The minimum Gasteiger partial charge on any atom is -0.465 e. The van der Waals surface area contributed by atoms with E-state index in [4.69, 9.17) is 4.18 Å². The van der Waals surface area contributed by atoms with Crippen LogP contribution in [0.5, 0.6) is 5.75 Å². The number of ether oxygens (including phenoxy) is 1. The molecular formula is C17H18O5S. The van der Waals surface area contributed by atoms with Crippen molar-refractivity contribution in [3.8, 4) is 5.75 Å². The fourth-order valence-corrected chi connectivity index (χ4v) is 3.31. The van der Waals surface area contributed by atoms with Gasteiger partial charge < -0.3 is 8.92 Å². The van der Waals surface area contributed by atoms with E-state index >= 15 is 0 Å². The summed E-state index contributed by atoms with van der Waals surface area (Å²) in [5, 5.41) is 0. The number of esters is 1. The molecule has 0 aliphatic heterocycles. The first-order valence-corrected chi connectivity index (χ1v) is 8.36. The number of benzene rings is 2. The summed E-state index contributed by atoms with van der Waals surface area (Å²) in [5.74, 6) is -0.332. The lowest BCUT2D eigenvalue weighted by atomic mass is 10.1. The number of hydrogen-bond donors (Lipinski definition) is 0. The van der Waals surface area contributed by atoms with Gasteiger partial charge >= 0.3 is 16.1 Å². The Bertz CT molecular complexity index is 853. The van der Waals surface area contributed by atoms with Crippen molar-refractivity contribution in [2.24, 2.45) is 0 Å². The normalized spacial score (nSPS) is 11.1.